The summed E-state index contributed by atoms with van der Waals surface area (Å²) >= 11 is 0. The zero-order valence-electron chi connectivity index (χ0n) is 10.4. The molecule has 0 saturated carbocycles. The molecule has 0 aliphatic carbocycles. The highest BCUT2D eigenvalue weighted by Crippen LogP contribution is 2.14. The standard InChI is InChI=1S/C13H18FNO2/c1-4-13(2,17-3)12(16)15-9-10-7-5-6-8-11(10)14/h5-8H,4,9H2,1-3H3,(H,15,16). The number of rotatable bonds is 5. The Hall–Kier alpha value is -1.42. The Labute approximate surface area is 101 Å². The van der Waals surface area contributed by atoms with Crippen molar-refractivity contribution in [1.29, 1.82) is 0 Å². The van der Waals surface area contributed by atoms with E-state index in [4.69, 9.17) is 4.74 Å². The molecule has 1 amide bonds. The molecule has 0 heterocycles. The summed E-state index contributed by atoms with van der Waals surface area (Å²) in [7, 11) is 1.49. The van der Waals surface area contributed by atoms with Crippen molar-refractivity contribution in [2.24, 2.45) is 0 Å². The Balaban J connectivity index is 2.63. The monoisotopic (exact) mass is 239 g/mol. The van der Waals surface area contributed by atoms with Gasteiger partial charge in [0.15, 0.2) is 0 Å². The predicted octanol–water partition coefficient (Wildman–Crippen LogP) is 2.26. The second-order valence-electron chi connectivity index (χ2n) is 4.06. The lowest BCUT2D eigenvalue weighted by Crippen LogP contribution is -2.45. The van der Waals surface area contributed by atoms with Crippen molar-refractivity contribution in [1.82, 2.24) is 5.32 Å². The SMILES string of the molecule is CCC(C)(OC)C(=O)NCc1ccccc1F. The lowest BCUT2D eigenvalue weighted by Gasteiger charge is -2.25. The maximum atomic E-state index is 13.3. The molecule has 17 heavy (non-hydrogen) atoms. The van der Waals surface area contributed by atoms with E-state index in [0.29, 0.717) is 12.0 Å². The lowest BCUT2D eigenvalue weighted by atomic mass is 10.0. The minimum absolute atomic E-state index is 0.171. The molecule has 0 spiro atoms. The summed E-state index contributed by atoms with van der Waals surface area (Å²) in [5.41, 5.74) is -0.388. The minimum atomic E-state index is -0.856. The molecule has 0 radical (unpaired) electrons. The van der Waals surface area contributed by atoms with Gasteiger partial charge in [-0.3, -0.25) is 4.79 Å². The quantitative estimate of drug-likeness (QED) is 0.856. The van der Waals surface area contributed by atoms with E-state index in [1.165, 1.54) is 13.2 Å². The number of ether oxygens (including phenoxy) is 1. The molecule has 0 fully saturated rings. The Morgan fingerprint density at radius 3 is 2.65 bits per heavy atom. The van der Waals surface area contributed by atoms with Crippen LogP contribution in [0.15, 0.2) is 24.3 Å². The van der Waals surface area contributed by atoms with Gasteiger partial charge in [0.05, 0.1) is 0 Å². The van der Waals surface area contributed by atoms with Gasteiger partial charge in [-0.2, -0.15) is 0 Å². The van der Waals surface area contributed by atoms with E-state index in [-0.39, 0.29) is 18.3 Å². The van der Waals surface area contributed by atoms with Gasteiger partial charge in [-0.15, -0.1) is 0 Å². The smallest absolute Gasteiger partial charge is 0.252 e. The van der Waals surface area contributed by atoms with E-state index < -0.39 is 5.60 Å². The third kappa shape index (κ3) is 3.27. The van der Waals surface area contributed by atoms with Gasteiger partial charge in [0.1, 0.15) is 11.4 Å². The number of hydrogen-bond acceptors (Lipinski definition) is 2. The third-order valence-corrected chi connectivity index (χ3v) is 3.00. The van der Waals surface area contributed by atoms with Crippen LogP contribution in [0.3, 0.4) is 0 Å². The first-order valence-corrected chi connectivity index (χ1v) is 5.60. The van der Waals surface area contributed by atoms with Crippen molar-refractivity contribution in [2.45, 2.75) is 32.4 Å². The number of carbonyl (C=O) groups is 1. The third-order valence-electron chi connectivity index (χ3n) is 3.00. The fraction of sp³-hybridized carbons (Fsp3) is 0.462. The van der Waals surface area contributed by atoms with Gasteiger partial charge >= 0.3 is 0 Å². The summed E-state index contributed by atoms with van der Waals surface area (Å²) in [5.74, 6) is -0.547. The highest BCUT2D eigenvalue weighted by molar-refractivity contribution is 5.84. The van der Waals surface area contributed by atoms with Crippen LogP contribution in [-0.2, 0) is 16.1 Å². The first-order chi connectivity index (χ1) is 8.03. The van der Waals surface area contributed by atoms with Crippen molar-refractivity contribution in [3.63, 3.8) is 0 Å². The second kappa shape index (κ2) is 5.77. The van der Waals surface area contributed by atoms with Crippen molar-refractivity contribution in [2.75, 3.05) is 7.11 Å². The van der Waals surface area contributed by atoms with Crippen LogP contribution in [0.2, 0.25) is 0 Å². The molecule has 4 heteroatoms. The van der Waals surface area contributed by atoms with Gasteiger partial charge in [0.2, 0.25) is 0 Å². The normalized spacial score (nSPS) is 14.1. The summed E-state index contributed by atoms with van der Waals surface area (Å²) in [6, 6.07) is 6.37. The summed E-state index contributed by atoms with van der Waals surface area (Å²) in [5, 5.41) is 2.68. The van der Waals surface area contributed by atoms with Gasteiger partial charge in [-0.05, 0) is 19.4 Å². The molecule has 0 aromatic heterocycles. The molecule has 1 N–H and O–H groups in total. The van der Waals surface area contributed by atoms with Crippen LogP contribution in [0, 0.1) is 5.82 Å². The average Bonchev–Trinajstić information content (AvgIpc) is 2.36. The van der Waals surface area contributed by atoms with Crippen LogP contribution in [0.1, 0.15) is 25.8 Å². The highest BCUT2D eigenvalue weighted by Gasteiger charge is 2.30. The summed E-state index contributed by atoms with van der Waals surface area (Å²) < 4.78 is 18.5. The fourth-order valence-electron chi connectivity index (χ4n) is 1.40. The number of halogens is 1. The van der Waals surface area contributed by atoms with Crippen LogP contribution < -0.4 is 5.32 Å². The number of benzene rings is 1. The molecule has 94 valence electrons. The largest absolute Gasteiger partial charge is 0.369 e. The maximum absolute atomic E-state index is 13.3. The van der Waals surface area contributed by atoms with Crippen LogP contribution in [0.25, 0.3) is 0 Å². The van der Waals surface area contributed by atoms with Crippen LogP contribution in [0.4, 0.5) is 4.39 Å². The number of amides is 1. The zero-order valence-corrected chi connectivity index (χ0v) is 10.4. The molecule has 3 nitrogen and oxygen atoms in total. The first-order valence-electron chi connectivity index (χ1n) is 5.60. The van der Waals surface area contributed by atoms with Gasteiger partial charge in [0.25, 0.3) is 5.91 Å². The van der Waals surface area contributed by atoms with Crippen LogP contribution in [-0.4, -0.2) is 18.6 Å². The molecule has 0 aliphatic heterocycles. The molecule has 1 unspecified atom stereocenters. The topological polar surface area (TPSA) is 38.3 Å². The number of carbonyl (C=O) groups excluding carboxylic acids is 1. The molecular weight excluding hydrogens is 221 g/mol. The molecule has 1 aromatic rings. The highest BCUT2D eigenvalue weighted by atomic mass is 19.1. The second-order valence-corrected chi connectivity index (χ2v) is 4.06. The van der Waals surface area contributed by atoms with Crippen molar-refractivity contribution in [3.05, 3.63) is 35.6 Å². The maximum Gasteiger partial charge on any atom is 0.252 e. The number of nitrogens with one attached hydrogen (secondary N) is 1. The van der Waals surface area contributed by atoms with Gasteiger partial charge in [-0.1, -0.05) is 25.1 Å². The molecule has 0 aliphatic rings. The Morgan fingerprint density at radius 1 is 1.47 bits per heavy atom. The first kappa shape index (κ1) is 13.6. The van der Waals surface area contributed by atoms with E-state index in [2.05, 4.69) is 5.32 Å². The van der Waals surface area contributed by atoms with Gasteiger partial charge < -0.3 is 10.1 Å². The number of hydrogen-bond donors (Lipinski definition) is 1. The predicted molar refractivity (Wildman–Crippen MR) is 64.0 cm³/mol. The Bertz CT molecular complexity index is 389. The van der Waals surface area contributed by atoms with Crippen molar-refractivity contribution >= 4 is 5.91 Å². The molecular formula is C13H18FNO2. The summed E-state index contributed by atoms with van der Waals surface area (Å²) in [6.07, 6.45) is 0.562. The zero-order chi connectivity index (χ0) is 12.9. The minimum Gasteiger partial charge on any atom is -0.369 e. The fourth-order valence-corrected chi connectivity index (χ4v) is 1.40. The molecule has 1 rings (SSSR count). The molecule has 0 saturated heterocycles. The lowest BCUT2D eigenvalue weighted by molar-refractivity contribution is -0.142. The molecule has 0 bridgehead atoms. The van der Waals surface area contributed by atoms with Gasteiger partial charge in [0, 0.05) is 19.2 Å². The average molecular weight is 239 g/mol. The summed E-state index contributed by atoms with van der Waals surface area (Å²) in [4.78, 5) is 11.9. The van der Waals surface area contributed by atoms with E-state index in [0.717, 1.165) is 0 Å². The van der Waals surface area contributed by atoms with E-state index in [1.807, 2.05) is 6.92 Å². The van der Waals surface area contributed by atoms with Crippen molar-refractivity contribution in [3.8, 4) is 0 Å². The van der Waals surface area contributed by atoms with E-state index in [9.17, 15) is 9.18 Å². The van der Waals surface area contributed by atoms with E-state index in [1.54, 1.807) is 25.1 Å². The number of methoxy groups -OCH3 is 1. The van der Waals surface area contributed by atoms with E-state index >= 15 is 0 Å². The Kier molecular flexibility index (Phi) is 4.63. The van der Waals surface area contributed by atoms with Crippen LogP contribution in [0.5, 0.6) is 0 Å². The Morgan fingerprint density at radius 2 is 2.12 bits per heavy atom. The van der Waals surface area contributed by atoms with Crippen molar-refractivity contribution < 1.29 is 13.9 Å². The summed E-state index contributed by atoms with van der Waals surface area (Å²) in [6.45, 7) is 3.75. The van der Waals surface area contributed by atoms with Gasteiger partial charge in [-0.25, -0.2) is 4.39 Å². The molecule has 1 aromatic carbocycles. The van der Waals surface area contributed by atoms with Crippen LogP contribution >= 0.6 is 0 Å². The molecule has 1 atom stereocenters.